The summed E-state index contributed by atoms with van der Waals surface area (Å²) in [6.07, 6.45) is 4.28. The van der Waals surface area contributed by atoms with Crippen molar-refractivity contribution >= 4 is 11.8 Å². The molecule has 1 N–H and O–H groups in total. The molecule has 5 nitrogen and oxygen atoms in total. The molecule has 0 spiro atoms. The van der Waals surface area contributed by atoms with Crippen molar-refractivity contribution in [2.24, 2.45) is 11.8 Å². The van der Waals surface area contributed by atoms with Crippen LogP contribution < -0.4 is 0 Å². The molecule has 120 valence electrons. The van der Waals surface area contributed by atoms with Crippen LogP contribution in [0.5, 0.6) is 0 Å². The standard InChI is InChI=1S/C16H28N2O3/c1-11-4-6-14(7-5-11)18-10-13(8-15(18)20)16(21)17(3)9-12(2)19/h11-14,19H,4-10H2,1-3H3. The number of rotatable bonds is 4. The van der Waals surface area contributed by atoms with Crippen molar-refractivity contribution in [3.05, 3.63) is 0 Å². The van der Waals surface area contributed by atoms with Gasteiger partial charge in [0.2, 0.25) is 11.8 Å². The number of aliphatic hydroxyl groups excluding tert-OH is 1. The zero-order valence-corrected chi connectivity index (χ0v) is 13.4. The van der Waals surface area contributed by atoms with Gasteiger partial charge in [-0.05, 0) is 38.5 Å². The average Bonchev–Trinajstić information content (AvgIpc) is 2.80. The molecule has 0 aromatic rings. The number of carbonyl (C=O) groups excluding carboxylic acids is 2. The first kappa shape index (κ1) is 16.3. The second-order valence-electron chi connectivity index (χ2n) is 6.93. The third-order valence-corrected chi connectivity index (χ3v) is 4.85. The predicted molar refractivity (Wildman–Crippen MR) is 80.6 cm³/mol. The molecular weight excluding hydrogens is 268 g/mol. The molecule has 1 saturated carbocycles. The lowest BCUT2D eigenvalue weighted by Crippen LogP contribution is -2.41. The molecule has 1 heterocycles. The number of aliphatic hydroxyl groups is 1. The predicted octanol–water partition coefficient (Wildman–Crippen LogP) is 1.25. The van der Waals surface area contributed by atoms with Crippen molar-refractivity contribution < 1.29 is 14.7 Å². The number of hydrogen-bond acceptors (Lipinski definition) is 3. The molecule has 0 radical (unpaired) electrons. The van der Waals surface area contributed by atoms with Crippen molar-refractivity contribution in [3.63, 3.8) is 0 Å². The van der Waals surface area contributed by atoms with Crippen LogP contribution in [0.3, 0.4) is 0 Å². The van der Waals surface area contributed by atoms with Crippen LogP contribution in [0, 0.1) is 11.8 Å². The molecule has 2 aliphatic rings. The summed E-state index contributed by atoms with van der Waals surface area (Å²) in [7, 11) is 1.70. The molecule has 2 unspecified atom stereocenters. The number of amides is 2. The van der Waals surface area contributed by atoms with Crippen molar-refractivity contribution in [1.29, 1.82) is 0 Å². The zero-order valence-electron chi connectivity index (χ0n) is 13.4. The van der Waals surface area contributed by atoms with Gasteiger partial charge in [0.25, 0.3) is 0 Å². The van der Waals surface area contributed by atoms with Gasteiger partial charge in [0.15, 0.2) is 0 Å². The molecular formula is C16H28N2O3. The fourth-order valence-corrected chi connectivity index (χ4v) is 3.60. The monoisotopic (exact) mass is 296 g/mol. The number of nitrogens with zero attached hydrogens (tertiary/aromatic N) is 2. The van der Waals surface area contributed by atoms with E-state index in [9.17, 15) is 14.7 Å². The highest BCUT2D eigenvalue weighted by atomic mass is 16.3. The van der Waals surface area contributed by atoms with E-state index in [1.165, 1.54) is 12.8 Å². The molecule has 21 heavy (non-hydrogen) atoms. The van der Waals surface area contributed by atoms with Crippen LogP contribution >= 0.6 is 0 Å². The van der Waals surface area contributed by atoms with Crippen molar-refractivity contribution in [2.45, 2.75) is 58.1 Å². The highest BCUT2D eigenvalue weighted by Crippen LogP contribution is 2.31. The van der Waals surface area contributed by atoms with E-state index in [4.69, 9.17) is 0 Å². The second kappa shape index (κ2) is 6.77. The molecule has 1 saturated heterocycles. The van der Waals surface area contributed by atoms with Gasteiger partial charge in [-0.3, -0.25) is 9.59 Å². The lowest BCUT2D eigenvalue weighted by atomic mass is 9.86. The third kappa shape index (κ3) is 3.96. The number of hydrogen-bond donors (Lipinski definition) is 1. The summed E-state index contributed by atoms with van der Waals surface area (Å²) in [4.78, 5) is 28.0. The maximum Gasteiger partial charge on any atom is 0.227 e. The highest BCUT2D eigenvalue weighted by molar-refractivity contribution is 5.89. The summed E-state index contributed by atoms with van der Waals surface area (Å²) in [5, 5.41) is 9.38. The topological polar surface area (TPSA) is 60.9 Å². The lowest BCUT2D eigenvalue weighted by molar-refractivity contribution is -0.135. The average molecular weight is 296 g/mol. The van der Waals surface area contributed by atoms with Crippen LogP contribution in [0.2, 0.25) is 0 Å². The van der Waals surface area contributed by atoms with Crippen molar-refractivity contribution in [1.82, 2.24) is 9.80 Å². The number of likely N-dealkylation sites (N-methyl/N-ethyl adjacent to an activating group) is 1. The van der Waals surface area contributed by atoms with Crippen LogP contribution in [0.25, 0.3) is 0 Å². The van der Waals surface area contributed by atoms with E-state index in [2.05, 4.69) is 6.92 Å². The van der Waals surface area contributed by atoms with E-state index in [1.54, 1.807) is 18.9 Å². The Morgan fingerprint density at radius 1 is 1.38 bits per heavy atom. The van der Waals surface area contributed by atoms with E-state index in [1.807, 2.05) is 4.90 Å². The van der Waals surface area contributed by atoms with Crippen LogP contribution in [-0.2, 0) is 9.59 Å². The van der Waals surface area contributed by atoms with Gasteiger partial charge in [0.1, 0.15) is 0 Å². The van der Waals surface area contributed by atoms with Crippen LogP contribution in [0.1, 0.15) is 46.0 Å². The summed E-state index contributed by atoms with van der Waals surface area (Å²) >= 11 is 0. The Morgan fingerprint density at radius 2 is 2.00 bits per heavy atom. The minimum Gasteiger partial charge on any atom is -0.392 e. The first-order valence-electron chi connectivity index (χ1n) is 8.11. The first-order chi connectivity index (χ1) is 9.88. The van der Waals surface area contributed by atoms with Crippen molar-refractivity contribution in [2.75, 3.05) is 20.1 Å². The quantitative estimate of drug-likeness (QED) is 0.849. The minimum absolute atomic E-state index is 0.0177. The maximum absolute atomic E-state index is 12.3. The fourth-order valence-electron chi connectivity index (χ4n) is 3.60. The van der Waals surface area contributed by atoms with Crippen LogP contribution in [0.4, 0.5) is 0 Å². The molecule has 2 amide bonds. The van der Waals surface area contributed by atoms with E-state index in [0.29, 0.717) is 25.6 Å². The van der Waals surface area contributed by atoms with E-state index < -0.39 is 6.10 Å². The highest BCUT2D eigenvalue weighted by Gasteiger charge is 2.39. The Hall–Kier alpha value is -1.10. The normalized spacial score (nSPS) is 31.3. The van der Waals surface area contributed by atoms with E-state index in [-0.39, 0.29) is 17.7 Å². The molecule has 2 atom stereocenters. The van der Waals surface area contributed by atoms with Crippen LogP contribution in [-0.4, -0.2) is 59.0 Å². The van der Waals surface area contributed by atoms with E-state index in [0.717, 1.165) is 18.8 Å². The first-order valence-corrected chi connectivity index (χ1v) is 8.11. The Kier molecular flexibility index (Phi) is 5.25. The summed E-state index contributed by atoms with van der Waals surface area (Å²) < 4.78 is 0. The van der Waals surface area contributed by atoms with E-state index >= 15 is 0 Å². The van der Waals surface area contributed by atoms with Gasteiger partial charge < -0.3 is 14.9 Å². The lowest BCUT2D eigenvalue weighted by Gasteiger charge is -2.33. The van der Waals surface area contributed by atoms with Crippen LogP contribution in [0.15, 0.2) is 0 Å². The molecule has 2 fully saturated rings. The molecule has 2 rings (SSSR count). The molecule has 0 aromatic carbocycles. The van der Waals surface area contributed by atoms with Gasteiger partial charge in [-0.25, -0.2) is 0 Å². The Balaban J connectivity index is 1.91. The summed E-state index contributed by atoms with van der Waals surface area (Å²) in [6.45, 7) is 4.81. The molecule has 0 bridgehead atoms. The summed E-state index contributed by atoms with van der Waals surface area (Å²) in [5.74, 6) is 0.628. The summed E-state index contributed by atoms with van der Waals surface area (Å²) in [6, 6.07) is 0.327. The smallest absolute Gasteiger partial charge is 0.227 e. The Morgan fingerprint density at radius 3 is 2.57 bits per heavy atom. The van der Waals surface area contributed by atoms with Crippen molar-refractivity contribution in [3.8, 4) is 0 Å². The third-order valence-electron chi connectivity index (χ3n) is 4.85. The molecule has 1 aliphatic carbocycles. The maximum atomic E-state index is 12.3. The molecule has 5 heteroatoms. The second-order valence-corrected chi connectivity index (χ2v) is 6.93. The zero-order chi connectivity index (χ0) is 15.6. The molecule has 0 aromatic heterocycles. The Bertz CT molecular complexity index is 389. The fraction of sp³-hybridized carbons (Fsp3) is 0.875. The number of carbonyl (C=O) groups is 2. The van der Waals surface area contributed by atoms with Gasteiger partial charge in [-0.2, -0.15) is 0 Å². The largest absolute Gasteiger partial charge is 0.392 e. The van der Waals surface area contributed by atoms with Gasteiger partial charge in [0, 0.05) is 32.6 Å². The SMILES string of the molecule is CC(O)CN(C)C(=O)C1CC(=O)N(C2CCC(C)CC2)C1. The number of likely N-dealkylation sites (tertiary alicyclic amines) is 1. The minimum atomic E-state index is -0.535. The van der Waals surface area contributed by atoms with Gasteiger partial charge in [0.05, 0.1) is 12.0 Å². The Labute approximate surface area is 127 Å². The van der Waals surface area contributed by atoms with Gasteiger partial charge >= 0.3 is 0 Å². The van der Waals surface area contributed by atoms with Gasteiger partial charge in [-0.1, -0.05) is 6.92 Å². The molecule has 1 aliphatic heterocycles. The van der Waals surface area contributed by atoms with Gasteiger partial charge in [-0.15, -0.1) is 0 Å². The summed E-state index contributed by atoms with van der Waals surface area (Å²) in [5.41, 5.74) is 0.